The van der Waals surface area contributed by atoms with Gasteiger partial charge >= 0.3 is 0 Å². The van der Waals surface area contributed by atoms with Crippen LogP contribution in [0, 0.1) is 35.0 Å². The van der Waals surface area contributed by atoms with Crippen molar-refractivity contribution in [3.05, 3.63) is 23.4 Å². The minimum Gasteiger partial charge on any atom is -0.474 e. The molecule has 0 aromatic carbocycles. The predicted octanol–water partition coefficient (Wildman–Crippen LogP) is 3.86. The van der Waals surface area contributed by atoms with Gasteiger partial charge < -0.3 is 4.74 Å². The Bertz CT molecular complexity index is 587. The summed E-state index contributed by atoms with van der Waals surface area (Å²) in [4.78, 5) is 4.43. The molecule has 3 unspecified atom stereocenters. The third kappa shape index (κ3) is 1.74. The van der Waals surface area contributed by atoms with Gasteiger partial charge in [-0.05, 0) is 43.6 Å². The number of rotatable bonds is 2. The van der Waals surface area contributed by atoms with Gasteiger partial charge in [-0.2, -0.15) is 5.26 Å². The summed E-state index contributed by atoms with van der Waals surface area (Å²) in [5.41, 5.74) is 2.02. The maximum Gasteiger partial charge on any atom is 0.215 e. The van der Waals surface area contributed by atoms with E-state index < -0.39 is 0 Å². The highest BCUT2D eigenvalue weighted by Gasteiger charge is 2.62. The second-order valence-corrected chi connectivity index (χ2v) is 7.16. The number of hydrogen-bond donors (Lipinski definition) is 0. The highest BCUT2D eigenvalue weighted by Crippen LogP contribution is 2.66. The molecule has 3 nitrogen and oxygen atoms in total. The van der Waals surface area contributed by atoms with Gasteiger partial charge in [0.1, 0.15) is 6.10 Å². The molecule has 2 bridgehead atoms. The van der Waals surface area contributed by atoms with Gasteiger partial charge in [-0.25, -0.2) is 4.98 Å². The Labute approximate surface area is 121 Å². The number of hydrogen-bond acceptors (Lipinski definition) is 3. The molecule has 2 aliphatic carbocycles. The molecule has 2 aliphatic rings. The zero-order chi connectivity index (χ0) is 14.5. The molecule has 2 saturated carbocycles. The maximum atomic E-state index is 9.05. The Morgan fingerprint density at radius 3 is 2.65 bits per heavy atom. The van der Waals surface area contributed by atoms with Crippen molar-refractivity contribution in [2.75, 3.05) is 0 Å². The lowest BCUT2D eigenvalue weighted by Gasteiger charge is -2.38. The molecule has 106 valence electrons. The summed E-state index contributed by atoms with van der Waals surface area (Å²) >= 11 is 0. The minimum atomic E-state index is 0.218. The molecule has 1 aromatic rings. The van der Waals surface area contributed by atoms with E-state index in [0.29, 0.717) is 16.9 Å². The normalized spacial score (nSPS) is 34.0. The van der Waals surface area contributed by atoms with Gasteiger partial charge in [0.2, 0.25) is 5.88 Å². The number of aryl methyl sites for hydroxylation is 1. The van der Waals surface area contributed by atoms with Gasteiger partial charge in [-0.1, -0.05) is 20.8 Å². The Morgan fingerprint density at radius 2 is 2.10 bits per heavy atom. The van der Waals surface area contributed by atoms with E-state index in [9.17, 15) is 0 Å². The van der Waals surface area contributed by atoms with Crippen LogP contribution in [-0.2, 0) is 0 Å². The van der Waals surface area contributed by atoms with Crippen LogP contribution in [-0.4, -0.2) is 11.1 Å². The largest absolute Gasteiger partial charge is 0.474 e. The summed E-state index contributed by atoms with van der Waals surface area (Å²) in [6, 6.07) is 5.72. The average Bonchev–Trinajstić information content (AvgIpc) is 2.71. The summed E-state index contributed by atoms with van der Waals surface area (Å²) in [5.74, 6) is 1.36. The van der Waals surface area contributed by atoms with Crippen molar-refractivity contribution in [1.82, 2.24) is 4.98 Å². The lowest BCUT2D eigenvalue weighted by Crippen LogP contribution is -2.39. The fourth-order valence-electron chi connectivity index (χ4n) is 4.22. The average molecular weight is 270 g/mol. The smallest absolute Gasteiger partial charge is 0.215 e. The molecule has 0 N–H and O–H groups in total. The van der Waals surface area contributed by atoms with E-state index in [4.69, 9.17) is 10.00 Å². The van der Waals surface area contributed by atoms with Gasteiger partial charge in [0.15, 0.2) is 0 Å². The fraction of sp³-hybridized carbons (Fsp3) is 0.647. The third-order valence-corrected chi connectivity index (χ3v) is 6.04. The molecule has 3 rings (SSSR count). The van der Waals surface area contributed by atoms with Crippen LogP contribution >= 0.6 is 0 Å². The van der Waals surface area contributed by atoms with E-state index in [2.05, 4.69) is 31.8 Å². The topological polar surface area (TPSA) is 45.9 Å². The van der Waals surface area contributed by atoms with Gasteiger partial charge in [0.25, 0.3) is 0 Å². The highest BCUT2D eigenvalue weighted by atomic mass is 16.5. The van der Waals surface area contributed by atoms with E-state index in [1.165, 1.54) is 12.8 Å². The molecule has 20 heavy (non-hydrogen) atoms. The number of aromatic nitrogens is 1. The Hall–Kier alpha value is -1.56. The first-order chi connectivity index (χ1) is 9.36. The molecule has 3 heteroatoms. The molecule has 0 saturated heterocycles. The number of pyridine rings is 1. The van der Waals surface area contributed by atoms with E-state index in [1.54, 1.807) is 12.1 Å². The molecule has 3 atom stereocenters. The lowest BCUT2D eigenvalue weighted by atomic mass is 9.70. The molecular weight excluding hydrogens is 248 g/mol. The van der Waals surface area contributed by atoms with Gasteiger partial charge in [-0.15, -0.1) is 0 Å². The molecule has 0 spiro atoms. The Balaban J connectivity index is 1.87. The summed E-state index contributed by atoms with van der Waals surface area (Å²) < 4.78 is 6.21. The lowest BCUT2D eigenvalue weighted by molar-refractivity contribution is 0.0272. The van der Waals surface area contributed by atoms with Crippen molar-refractivity contribution in [1.29, 1.82) is 5.26 Å². The van der Waals surface area contributed by atoms with Crippen molar-refractivity contribution in [3.63, 3.8) is 0 Å². The van der Waals surface area contributed by atoms with E-state index in [0.717, 1.165) is 18.0 Å². The number of fused-ring (bicyclic) bond motifs is 2. The van der Waals surface area contributed by atoms with Crippen molar-refractivity contribution < 1.29 is 4.74 Å². The molecule has 0 aliphatic heterocycles. The van der Waals surface area contributed by atoms with Crippen LogP contribution in [0.15, 0.2) is 12.1 Å². The van der Waals surface area contributed by atoms with Gasteiger partial charge in [0.05, 0.1) is 11.6 Å². The first-order valence-electron chi connectivity index (χ1n) is 7.42. The van der Waals surface area contributed by atoms with Gasteiger partial charge in [0, 0.05) is 17.2 Å². The van der Waals surface area contributed by atoms with Crippen LogP contribution in [0.5, 0.6) is 5.88 Å². The minimum absolute atomic E-state index is 0.218. The van der Waals surface area contributed by atoms with Crippen LogP contribution in [0.4, 0.5) is 0 Å². The molecular formula is C17H22N2O. The van der Waals surface area contributed by atoms with Crippen LogP contribution in [0.1, 0.15) is 51.3 Å². The van der Waals surface area contributed by atoms with Crippen LogP contribution in [0.25, 0.3) is 0 Å². The first kappa shape index (κ1) is 13.4. The number of nitriles is 1. The van der Waals surface area contributed by atoms with E-state index in [-0.39, 0.29) is 11.5 Å². The van der Waals surface area contributed by atoms with E-state index >= 15 is 0 Å². The van der Waals surface area contributed by atoms with Crippen LogP contribution in [0.3, 0.4) is 0 Å². The molecule has 2 fully saturated rings. The number of nitrogens with zero attached hydrogens (tertiary/aromatic N) is 2. The second kappa shape index (κ2) is 4.22. The Morgan fingerprint density at radius 1 is 1.35 bits per heavy atom. The SMILES string of the molecule is Cc1cc(C#N)cc(OC2CC3CCC2(C)C3(C)C)n1. The summed E-state index contributed by atoms with van der Waals surface area (Å²) in [7, 11) is 0. The van der Waals surface area contributed by atoms with Crippen LogP contribution < -0.4 is 4.74 Å². The molecule has 0 amide bonds. The third-order valence-electron chi connectivity index (χ3n) is 6.04. The first-order valence-corrected chi connectivity index (χ1v) is 7.42. The summed E-state index contributed by atoms with van der Waals surface area (Å²) in [6.07, 6.45) is 3.87. The molecule has 1 heterocycles. The second-order valence-electron chi connectivity index (χ2n) is 7.16. The highest BCUT2D eigenvalue weighted by molar-refractivity contribution is 5.34. The van der Waals surface area contributed by atoms with Crippen molar-refractivity contribution in [2.45, 2.75) is 53.1 Å². The summed E-state index contributed by atoms with van der Waals surface area (Å²) in [5, 5.41) is 9.05. The standard InChI is InChI=1S/C17H22N2O/c1-11-7-12(10-18)8-15(19-11)20-14-9-13-5-6-17(14,4)16(13,2)3/h7-8,13-14H,5-6,9H2,1-4H3. The monoisotopic (exact) mass is 270 g/mol. The zero-order valence-corrected chi connectivity index (χ0v) is 12.7. The number of ether oxygens (including phenoxy) is 1. The van der Waals surface area contributed by atoms with Gasteiger partial charge in [-0.3, -0.25) is 0 Å². The predicted molar refractivity (Wildman–Crippen MR) is 77.3 cm³/mol. The van der Waals surface area contributed by atoms with Crippen molar-refractivity contribution >= 4 is 0 Å². The summed E-state index contributed by atoms with van der Waals surface area (Å²) in [6.45, 7) is 9.00. The van der Waals surface area contributed by atoms with Crippen LogP contribution in [0.2, 0.25) is 0 Å². The van der Waals surface area contributed by atoms with Crippen molar-refractivity contribution in [3.8, 4) is 11.9 Å². The fourth-order valence-corrected chi connectivity index (χ4v) is 4.22. The quantitative estimate of drug-likeness (QED) is 0.820. The Kier molecular flexibility index (Phi) is 2.83. The maximum absolute atomic E-state index is 9.05. The zero-order valence-electron chi connectivity index (χ0n) is 12.7. The van der Waals surface area contributed by atoms with E-state index in [1.807, 2.05) is 6.92 Å². The molecule has 0 radical (unpaired) electrons. The molecule has 1 aromatic heterocycles. The van der Waals surface area contributed by atoms with Crippen molar-refractivity contribution in [2.24, 2.45) is 16.7 Å².